The summed E-state index contributed by atoms with van der Waals surface area (Å²) in [5.41, 5.74) is 5.92. The lowest BCUT2D eigenvalue weighted by molar-refractivity contribution is -0.151. The molecule has 0 saturated carbocycles. The molecule has 0 spiro atoms. The third-order valence-corrected chi connectivity index (χ3v) is 6.24. The minimum Gasteiger partial charge on any atom is -0.335 e. The van der Waals surface area contributed by atoms with E-state index in [1.807, 2.05) is 24.0 Å². The first kappa shape index (κ1) is 19.7. The maximum Gasteiger partial charge on any atom is 0.245 e. The Bertz CT molecular complexity index is 904. The Balaban J connectivity index is 1.34. The van der Waals surface area contributed by atoms with Crippen LogP contribution in [0.2, 0.25) is 0 Å². The molecule has 4 rings (SSSR count). The van der Waals surface area contributed by atoms with Gasteiger partial charge in [-0.1, -0.05) is 29.8 Å². The predicted molar refractivity (Wildman–Crippen MR) is 111 cm³/mol. The number of H-pyrrole nitrogens is 1. The number of carbonyl (C=O) groups excluding carboxylic acids is 2. The highest BCUT2D eigenvalue weighted by atomic mass is 16.2. The third kappa shape index (κ3) is 4.21. The summed E-state index contributed by atoms with van der Waals surface area (Å²) in [5.74, 6) is 0.0804. The van der Waals surface area contributed by atoms with Gasteiger partial charge in [0.1, 0.15) is 6.04 Å². The Kier molecular flexibility index (Phi) is 5.69. The van der Waals surface area contributed by atoms with Gasteiger partial charge in [0.15, 0.2) is 0 Å². The number of hydrogen-bond donors (Lipinski definition) is 1. The van der Waals surface area contributed by atoms with E-state index >= 15 is 0 Å². The molecule has 0 unspecified atom stereocenters. The molecule has 1 saturated heterocycles. The number of amides is 2. The zero-order chi connectivity index (χ0) is 20.4. The summed E-state index contributed by atoms with van der Waals surface area (Å²) in [4.78, 5) is 29.3. The van der Waals surface area contributed by atoms with Crippen molar-refractivity contribution >= 4 is 11.8 Å². The standard InChI is InChI=1S/C23H30N4O2/c1-16-6-5-7-18(14-16)15-26-12-13-27(17(2)23(26)29)22(28)11-10-21-19-8-3-4-9-20(19)24-25-21/h5-7,14,17H,3-4,8-13,15H2,1-2H3,(H,24,25)/t17-/m0/s1. The number of nitrogens with one attached hydrogen (secondary N) is 1. The van der Waals surface area contributed by atoms with Crippen LogP contribution in [0, 0.1) is 6.92 Å². The first-order valence-corrected chi connectivity index (χ1v) is 10.7. The van der Waals surface area contributed by atoms with Gasteiger partial charge in [-0.3, -0.25) is 14.7 Å². The van der Waals surface area contributed by atoms with Crippen LogP contribution in [0.5, 0.6) is 0 Å². The van der Waals surface area contributed by atoms with E-state index in [1.165, 1.54) is 29.7 Å². The summed E-state index contributed by atoms with van der Waals surface area (Å²) in [6.45, 7) is 5.68. The van der Waals surface area contributed by atoms with Crippen molar-refractivity contribution in [1.82, 2.24) is 20.0 Å². The molecule has 1 atom stereocenters. The third-order valence-electron chi connectivity index (χ3n) is 6.24. The van der Waals surface area contributed by atoms with Crippen molar-refractivity contribution in [2.75, 3.05) is 13.1 Å². The average Bonchev–Trinajstić information content (AvgIpc) is 3.13. The van der Waals surface area contributed by atoms with Gasteiger partial charge in [-0.05, 0) is 50.7 Å². The van der Waals surface area contributed by atoms with E-state index in [0.29, 0.717) is 32.5 Å². The SMILES string of the molecule is Cc1cccc(CN2CCN(C(=O)CCc3n[nH]c4c3CCCC4)[C@@H](C)C2=O)c1. The smallest absolute Gasteiger partial charge is 0.245 e. The molecule has 1 aliphatic heterocycles. The summed E-state index contributed by atoms with van der Waals surface area (Å²) in [5, 5.41) is 7.59. The van der Waals surface area contributed by atoms with E-state index in [4.69, 9.17) is 0 Å². The maximum atomic E-state index is 12.9. The van der Waals surface area contributed by atoms with E-state index in [9.17, 15) is 9.59 Å². The molecule has 29 heavy (non-hydrogen) atoms. The fourth-order valence-corrected chi connectivity index (χ4v) is 4.58. The number of aryl methyl sites for hydroxylation is 3. The van der Waals surface area contributed by atoms with Crippen LogP contribution in [0.3, 0.4) is 0 Å². The molecule has 1 fully saturated rings. The molecular formula is C23H30N4O2. The van der Waals surface area contributed by atoms with Crippen LogP contribution < -0.4 is 0 Å². The lowest BCUT2D eigenvalue weighted by atomic mass is 9.94. The fourth-order valence-electron chi connectivity index (χ4n) is 4.58. The second-order valence-electron chi connectivity index (χ2n) is 8.35. The number of fused-ring (bicyclic) bond motifs is 1. The van der Waals surface area contributed by atoms with Gasteiger partial charge in [-0.25, -0.2) is 0 Å². The summed E-state index contributed by atoms with van der Waals surface area (Å²) in [7, 11) is 0. The molecule has 6 nitrogen and oxygen atoms in total. The largest absolute Gasteiger partial charge is 0.335 e. The van der Waals surface area contributed by atoms with Crippen LogP contribution in [-0.2, 0) is 35.4 Å². The van der Waals surface area contributed by atoms with Gasteiger partial charge in [-0.15, -0.1) is 0 Å². The molecule has 2 amide bonds. The highest BCUT2D eigenvalue weighted by Crippen LogP contribution is 2.23. The average molecular weight is 395 g/mol. The predicted octanol–water partition coefficient (Wildman–Crippen LogP) is 2.79. The molecule has 1 aromatic carbocycles. The number of nitrogens with zero attached hydrogens (tertiary/aromatic N) is 3. The van der Waals surface area contributed by atoms with Crippen LogP contribution in [0.4, 0.5) is 0 Å². The lowest BCUT2D eigenvalue weighted by Gasteiger charge is -2.39. The molecule has 0 bridgehead atoms. The molecule has 6 heteroatoms. The van der Waals surface area contributed by atoms with E-state index in [2.05, 4.69) is 29.3 Å². The molecular weight excluding hydrogens is 364 g/mol. The van der Waals surface area contributed by atoms with Gasteiger partial charge in [-0.2, -0.15) is 5.10 Å². The fraction of sp³-hybridized carbons (Fsp3) is 0.522. The Morgan fingerprint density at radius 1 is 1.24 bits per heavy atom. The van der Waals surface area contributed by atoms with E-state index in [1.54, 1.807) is 4.90 Å². The van der Waals surface area contributed by atoms with Crippen LogP contribution in [0.25, 0.3) is 0 Å². The van der Waals surface area contributed by atoms with Crippen molar-refractivity contribution in [3.63, 3.8) is 0 Å². The second-order valence-corrected chi connectivity index (χ2v) is 8.35. The molecule has 1 aromatic heterocycles. The highest BCUT2D eigenvalue weighted by molar-refractivity contribution is 5.88. The molecule has 154 valence electrons. The molecule has 1 aliphatic carbocycles. The number of aromatic nitrogens is 2. The summed E-state index contributed by atoms with van der Waals surface area (Å²) in [6.07, 6.45) is 5.58. The zero-order valence-electron chi connectivity index (χ0n) is 17.4. The summed E-state index contributed by atoms with van der Waals surface area (Å²) in [6, 6.07) is 7.83. The molecule has 2 aliphatic rings. The van der Waals surface area contributed by atoms with Crippen LogP contribution >= 0.6 is 0 Å². The topological polar surface area (TPSA) is 69.3 Å². The van der Waals surface area contributed by atoms with Crippen LogP contribution in [0.1, 0.15) is 54.3 Å². The Morgan fingerprint density at radius 2 is 2.07 bits per heavy atom. The highest BCUT2D eigenvalue weighted by Gasteiger charge is 2.34. The van der Waals surface area contributed by atoms with E-state index in [-0.39, 0.29) is 11.8 Å². The number of benzene rings is 1. The van der Waals surface area contributed by atoms with Gasteiger partial charge in [0.05, 0.1) is 5.69 Å². The van der Waals surface area contributed by atoms with Crippen molar-refractivity contribution < 1.29 is 9.59 Å². The Morgan fingerprint density at radius 3 is 2.90 bits per heavy atom. The van der Waals surface area contributed by atoms with Crippen molar-refractivity contribution in [2.24, 2.45) is 0 Å². The van der Waals surface area contributed by atoms with Gasteiger partial charge < -0.3 is 9.80 Å². The first-order valence-electron chi connectivity index (χ1n) is 10.7. The van der Waals surface area contributed by atoms with E-state index in [0.717, 1.165) is 24.1 Å². The minimum atomic E-state index is -0.408. The number of carbonyl (C=O) groups is 2. The molecule has 2 heterocycles. The van der Waals surface area contributed by atoms with Crippen molar-refractivity contribution in [3.8, 4) is 0 Å². The van der Waals surface area contributed by atoms with Gasteiger partial charge in [0.2, 0.25) is 11.8 Å². The van der Waals surface area contributed by atoms with Crippen molar-refractivity contribution in [1.29, 1.82) is 0 Å². The maximum absolute atomic E-state index is 12.9. The lowest BCUT2D eigenvalue weighted by Crippen LogP contribution is -2.57. The summed E-state index contributed by atoms with van der Waals surface area (Å²) < 4.78 is 0. The van der Waals surface area contributed by atoms with E-state index < -0.39 is 6.04 Å². The second kappa shape index (κ2) is 8.39. The number of piperazine rings is 1. The molecule has 0 radical (unpaired) electrons. The van der Waals surface area contributed by atoms with Gasteiger partial charge in [0, 0.05) is 38.2 Å². The Labute approximate surface area is 172 Å². The zero-order valence-corrected chi connectivity index (χ0v) is 17.4. The van der Waals surface area contributed by atoms with Crippen LogP contribution in [-0.4, -0.2) is 50.9 Å². The molecule has 2 aromatic rings. The van der Waals surface area contributed by atoms with Crippen molar-refractivity contribution in [3.05, 3.63) is 52.3 Å². The quantitative estimate of drug-likeness (QED) is 0.848. The minimum absolute atomic E-state index is 0.0308. The van der Waals surface area contributed by atoms with Crippen LogP contribution in [0.15, 0.2) is 24.3 Å². The monoisotopic (exact) mass is 394 g/mol. The summed E-state index contributed by atoms with van der Waals surface area (Å²) >= 11 is 0. The van der Waals surface area contributed by atoms with Crippen molar-refractivity contribution in [2.45, 2.75) is 65.0 Å². The Hall–Kier alpha value is -2.63. The normalized spacial score (nSPS) is 19.4. The van der Waals surface area contributed by atoms with Gasteiger partial charge in [0.25, 0.3) is 0 Å². The number of rotatable bonds is 5. The molecule has 1 N–H and O–H groups in total. The number of aromatic amines is 1. The number of hydrogen-bond acceptors (Lipinski definition) is 3. The van der Waals surface area contributed by atoms with Gasteiger partial charge >= 0.3 is 0 Å². The first-order chi connectivity index (χ1) is 14.0.